The highest BCUT2D eigenvalue weighted by molar-refractivity contribution is 6.31. The molecule has 7 nitrogen and oxygen atoms in total. The van der Waals surface area contributed by atoms with Gasteiger partial charge in [0.1, 0.15) is 18.2 Å². The highest BCUT2D eigenvalue weighted by Crippen LogP contribution is 2.32. The van der Waals surface area contributed by atoms with Gasteiger partial charge in [0.15, 0.2) is 11.5 Å². The number of aromatic nitrogens is 2. The molecule has 0 spiro atoms. The zero-order valence-corrected chi connectivity index (χ0v) is 18.5. The van der Waals surface area contributed by atoms with Gasteiger partial charge in [0.05, 0.1) is 30.1 Å². The summed E-state index contributed by atoms with van der Waals surface area (Å²) in [6.07, 6.45) is 0. The van der Waals surface area contributed by atoms with E-state index in [1.54, 1.807) is 42.5 Å². The van der Waals surface area contributed by atoms with Crippen molar-refractivity contribution in [1.82, 2.24) is 9.55 Å². The highest BCUT2D eigenvalue weighted by Gasteiger charge is 2.17. The summed E-state index contributed by atoms with van der Waals surface area (Å²) in [6, 6.07) is 15.8. The third-order valence-electron chi connectivity index (χ3n) is 5.01. The van der Waals surface area contributed by atoms with Gasteiger partial charge in [0.2, 0.25) is 5.91 Å². The smallest absolute Gasteiger partial charge is 0.262 e. The highest BCUT2D eigenvalue weighted by atomic mass is 35.5. The molecule has 0 atom stereocenters. The number of nitrogens with zero attached hydrogens (tertiary/aromatic N) is 2. The number of carbonyl (C=O) groups excluding carboxylic acids is 1. The molecular weight excluding hydrogens is 449 g/mol. The topological polar surface area (TPSA) is 82.5 Å². The summed E-state index contributed by atoms with van der Waals surface area (Å²) < 4.78 is 25.4. The molecule has 1 N–H and O–H groups in total. The van der Waals surface area contributed by atoms with Crippen LogP contribution in [0, 0.1) is 5.82 Å². The predicted octanol–water partition coefficient (Wildman–Crippen LogP) is 4.51. The summed E-state index contributed by atoms with van der Waals surface area (Å²) in [5, 5.41) is 2.88. The molecule has 4 rings (SSSR count). The number of methoxy groups -OCH3 is 2. The van der Waals surface area contributed by atoms with Crippen molar-refractivity contribution >= 4 is 34.1 Å². The lowest BCUT2D eigenvalue weighted by Crippen LogP contribution is -2.30. The van der Waals surface area contributed by atoms with Crippen LogP contribution in [-0.4, -0.2) is 29.7 Å². The van der Waals surface area contributed by atoms with Crippen molar-refractivity contribution in [3.63, 3.8) is 0 Å². The summed E-state index contributed by atoms with van der Waals surface area (Å²) in [7, 11) is 3.03. The molecule has 0 radical (unpaired) electrons. The van der Waals surface area contributed by atoms with Crippen LogP contribution in [0.5, 0.6) is 11.5 Å². The van der Waals surface area contributed by atoms with Gasteiger partial charge < -0.3 is 14.8 Å². The van der Waals surface area contributed by atoms with Gasteiger partial charge in [0.25, 0.3) is 5.56 Å². The van der Waals surface area contributed by atoms with Crippen LogP contribution in [0.25, 0.3) is 22.3 Å². The van der Waals surface area contributed by atoms with E-state index < -0.39 is 11.7 Å². The first-order valence-electron chi connectivity index (χ1n) is 9.88. The predicted molar refractivity (Wildman–Crippen MR) is 125 cm³/mol. The molecule has 3 aromatic carbocycles. The van der Waals surface area contributed by atoms with E-state index in [-0.39, 0.29) is 23.0 Å². The Morgan fingerprint density at radius 3 is 2.55 bits per heavy atom. The van der Waals surface area contributed by atoms with Crippen LogP contribution >= 0.6 is 11.6 Å². The van der Waals surface area contributed by atoms with Crippen LogP contribution in [0.2, 0.25) is 5.02 Å². The first kappa shape index (κ1) is 22.3. The molecule has 0 bridgehead atoms. The summed E-state index contributed by atoms with van der Waals surface area (Å²) in [4.78, 5) is 30.7. The van der Waals surface area contributed by atoms with E-state index in [0.717, 1.165) is 6.07 Å². The molecule has 0 saturated carbocycles. The lowest BCUT2D eigenvalue weighted by Gasteiger charge is -2.15. The zero-order chi connectivity index (χ0) is 23.5. The van der Waals surface area contributed by atoms with Crippen molar-refractivity contribution in [2.75, 3.05) is 19.5 Å². The third-order valence-corrected chi connectivity index (χ3v) is 5.30. The Bertz CT molecular complexity index is 1420. The molecule has 1 heterocycles. The van der Waals surface area contributed by atoms with E-state index in [2.05, 4.69) is 10.3 Å². The Hall–Kier alpha value is -3.91. The zero-order valence-electron chi connectivity index (χ0n) is 17.8. The number of amides is 1. The maximum absolute atomic E-state index is 13.4. The van der Waals surface area contributed by atoms with E-state index in [0.29, 0.717) is 33.7 Å². The number of para-hydroxylation sites is 1. The molecule has 0 aliphatic rings. The fourth-order valence-corrected chi connectivity index (χ4v) is 3.61. The minimum Gasteiger partial charge on any atom is -0.493 e. The molecule has 0 unspecified atom stereocenters. The first-order valence-corrected chi connectivity index (χ1v) is 10.3. The molecule has 9 heteroatoms. The van der Waals surface area contributed by atoms with Crippen molar-refractivity contribution in [3.05, 3.63) is 81.9 Å². The van der Waals surface area contributed by atoms with Crippen LogP contribution in [0.15, 0.2) is 65.5 Å². The Labute approximate surface area is 193 Å². The van der Waals surface area contributed by atoms with Crippen molar-refractivity contribution < 1.29 is 18.7 Å². The summed E-state index contributed by atoms with van der Waals surface area (Å²) in [5.74, 6) is 0.155. The number of hydrogen-bond donors (Lipinski definition) is 1. The summed E-state index contributed by atoms with van der Waals surface area (Å²) in [6.45, 7) is -0.324. The first-order chi connectivity index (χ1) is 15.9. The molecule has 1 aromatic heterocycles. The number of hydrogen-bond acceptors (Lipinski definition) is 5. The van der Waals surface area contributed by atoms with Gasteiger partial charge in [-0.3, -0.25) is 14.2 Å². The fraction of sp³-hybridized carbons (Fsp3) is 0.125. The van der Waals surface area contributed by atoms with Crippen LogP contribution in [0.3, 0.4) is 0 Å². The Balaban J connectivity index is 1.79. The second kappa shape index (κ2) is 9.30. The Kier molecular flexibility index (Phi) is 6.28. The molecule has 0 aliphatic heterocycles. The van der Waals surface area contributed by atoms with Crippen molar-refractivity contribution in [3.8, 4) is 22.9 Å². The van der Waals surface area contributed by atoms with Crippen molar-refractivity contribution in [2.45, 2.75) is 6.54 Å². The second-order valence-corrected chi connectivity index (χ2v) is 7.50. The normalized spacial score (nSPS) is 10.8. The maximum atomic E-state index is 13.4. The summed E-state index contributed by atoms with van der Waals surface area (Å²) >= 11 is 5.79. The number of halogens is 2. The quantitative estimate of drug-likeness (QED) is 0.451. The van der Waals surface area contributed by atoms with Crippen LogP contribution in [-0.2, 0) is 11.3 Å². The molecule has 33 heavy (non-hydrogen) atoms. The van der Waals surface area contributed by atoms with Gasteiger partial charge in [0, 0.05) is 11.3 Å². The molecular formula is C24H19ClFN3O4. The number of ether oxygens (including phenoxy) is 2. The van der Waals surface area contributed by atoms with Crippen molar-refractivity contribution in [1.29, 1.82) is 0 Å². The standard InChI is InChI=1S/C24H19ClFN3O4/c1-32-20-10-7-14(11-21(20)33-2)23-28-19-6-4-3-5-16(19)24(31)29(23)13-22(30)27-15-8-9-18(26)17(25)12-15/h3-12H,13H2,1-2H3,(H,27,30). The van der Waals surface area contributed by atoms with Gasteiger partial charge >= 0.3 is 0 Å². The molecule has 4 aromatic rings. The van der Waals surface area contributed by atoms with Gasteiger partial charge in [-0.2, -0.15) is 0 Å². The number of anilines is 1. The van der Waals surface area contributed by atoms with Gasteiger partial charge in [-0.05, 0) is 48.5 Å². The van der Waals surface area contributed by atoms with Crippen LogP contribution < -0.4 is 20.3 Å². The van der Waals surface area contributed by atoms with Gasteiger partial charge in [-0.25, -0.2) is 9.37 Å². The third kappa shape index (κ3) is 4.51. The maximum Gasteiger partial charge on any atom is 0.262 e. The van der Waals surface area contributed by atoms with E-state index in [4.69, 9.17) is 21.1 Å². The number of carbonyl (C=O) groups is 1. The van der Waals surface area contributed by atoms with Crippen LogP contribution in [0.1, 0.15) is 0 Å². The minimum atomic E-state index is -0.597. The molecule has 0 saturated heterocycles. The summed E-state index contributed by atoms with van der Waals surface area (Å²) in [5.41, 5.74) is 0.987. The van der Waals surface area contributed by atoms with Crippen molar-refractivity contribution in [2.24, 2.45) is 0 Å². The number of fused-ring (bicyclic) bond motifs is 1. The van der Waals surface area contributed by atoms with E-state index in [9.17, 15) is 14.0 Å². The van der Waals surface area contributed by atoms with E-state index in [1.807, 2.05) is 0 Å². The Morgan fingerprint density at radius 1 is 1.06 bits per heavy atom. The van der Waals surface area contributed by atoms with E-state index in [1.165, 1.54) is 30.9 Å². The number of benzene rings is 3. The van der Waals surface area contributed by atoms with E-state index >= 15 is 0 Å². The van der Waals surface area contributed by atoms with Gasteiger partial charge in [-0.15, -0.1) is 0 Å². The number of nitrogens with one attached hydrogen (secondary N) is 1. The largest absolute Gasteiger partial charge is 0.493 e. The molecule has 0 aliphatic carbocycles. The van der Waals surface area contributed by atoms with Crippen LogP contribution in [0.4, 0.5) is 10.1 Å². The van der Waals surface area contributed by atoms with Gasteiger partial charge in [-0.1, -0.05) is 23.7 Å². The Morgan fingerprint density at radius 2 is 1.82 bits per heavy atom. The lowest BCUT2D eigenvalue weighted by atomic mass is 10.1. The molecule has 168 valence electrons. The molecule has 0 fully saturated rings. The number of rotatable bonds is 6. The monoisotopic (exact) mass is 467 g/mol. The minimum absolute atomic E-state index is 0.122. The second-order valence-electron chi connectivity index (χ2n) is 7.09. The fourth-order valence-electron chi connectivity index (χ4n) is 3.43. The SMILES string of the molecule is COc1ccc(-c2nc3ccccc3c(=O)n2CC(=O)Nc2ccc(F)c(Cl)c2)cc1OC. The lowest BCUT2D eigenvalue weighted by molar-refractivity contribution is -0.116. The molecule has 1 amide bonds. The average molecular weight is 468 g/mol. The average Bonchev–Trinajstić information content (AvgIpc) is 2.82.